The Morgan fingerprint density at radius 1 is 1.23 bits per heavy atom. The van der Waals surface area contributed by atoms with E-state index in [0.717, 1.165) is 40.0 Å². The van der Waals surface area contributed by atoms with E-state index >= 15 is 0 Å². The molecule has 1 aromatic carbocycles. The third kappa shape index (κ3) is 3.92. The van der Waals surface area contributed by atoms with Crippen molar-refractivity contribution >= 4 is 38.4 Å². The molecule has 2 aromatic heterocycles. The van der Waals surface area contributed by atoms with Gasteiger partial charge in [-0.25, -0.2) is 4.85 Å². The smallest absolute Gasteiger partial charge is 0.187 e. The van der Waals surface area contributed by atoms with Gasteiger partial charge in [0.05, 0.1) is 29.7 Å². The van der Waals surface area contributed by atoms with Gasteiger partial charge < -0.3 is 4.57 Å². The first-order valence-corrected chi connectivity index (χ1v) is 11.1. The minimum Gasteiger partial charge on any atom is -0.312 e. The Bertz CT molecular complexity index is 1130. The van der Waals surface area contributed by atoms with Crippen LogP contribution in [0.5, 0.6) is 0 Å². The van der Waals surface area contributed by atoms with Crippen LogP contribution in [0, 0.1) is 25.3 Å². The number of rotatable bonds is 4. The minimum absolute atomic E-state index is 0.116. The third-order valence-corrected chi connectivity index (χ3v) is 6.27. The fourth-order valence-electron chi connectivity index (χ4n) is 4.80. The molecule has 5 nitrogen and oxygen atoms in total. The lowest BCUT2D eigenvalue weighted by atomic mass is 9.91. The van der Waals surface area contributed by atoms with Gasteiger partial charge in [-0.05, 0) is 59.3 Å². The second kappa shape index (κ2) is 8.33. The summed E-state index contributed by atoms with van der Waals surface area (Å²) in [7, 11) is 0. The van der Waals surface area contributed by atoms with E-state index in [-0.39, 0.29) is 5.78 Å². The molecular weight excluding hydrogens is 440 g/mol. The molecule has 0 amide bonds. The summed E-state index contributed by atoms with van der Waals surface area (Å²) in [5.74, 6) is 1.34. The summed E-state index contributed by atoms with van der Waals surface area (Å²) in [5, 5.41) is 0. The first kappa shape index (κ1) is 20.8. The van der Waals surface area contributed by atoms with Crippen LogP contribution in [-0.2, 0) is 0 Å². The number of hydrogen-bond acceptors (Lipinski definition) is 3. The number of hydrogen-bond donors (Lipinski definition) is 0. The average molecular weight is 465 g/mol. The Balaban J connectivity index is 1.77. The van der Waals surface area contributed by atoms with E-state index in [9.17, 15) is 4.79 Å². The Labute approximate surface area is 185 Å². The number of piperidine rings is 1. The third-order valence-electron chi connectivity index (χ3n) is 5.84. The number of ketones is 1. The number of carbonyl (C=O) groups is 1. The molecule has 3 heterocycles. The minimum atomic E-state index is 0.116. The Morgan fingerprint density at radius 3 is 2.53 bits per heavy atom. The highest BCUT2D eigenvalue weighted by Crippen LogP contribution is 2.31. The summed E-state index contributed by atoms with van der Waals surface area (Å²) < 4.78 is 2.93. The predicted molar refractivity (Wildman–Crippen MR) is 123 cm³/mol. The van der Waals surface area contributed by atoms with Gasteiger partial charge in [0.2, 0.25) is 0 Å². The van der Waals surface area contributed by atoms with Crippen LogP contribution < -0.4 is 0 Å². The quantitative estimate of drug-likeness (QED) is 0.361. The maximum Gasteiger partial charge on any atom is 0.187 e. The summed E-state index contributed by atoms with van der Waals surface area (Å²) >= 11 is 3.52. The van der Waals surface area contributed by atoms with Crippen molar-refractivity contribution in [3.05, 3.63) is 63.7 Å². The van der Waals surface area contributed by atoms with Crippen LogP contribution in [0.2, 0.25) is 0 Å². The summed E-state index contributed by atoms with van der Waals surface area (Å²) in [4.78, 5) is 23.8. The van der Waals surface area contributed by atoms with Gasteiger partial charge in [0.15, 0.2) is 11.5 Å². The highest BCUT2D eigenvalue weighted by atomic mass is 79.9. The Hall–Kier alpha value is -2.49. The van der Waals surface area contributed by atoms with E-state index in [2.05, 4.69) is 49.1 Å². The number of aromatic nitrogens is 2. The van der Waals surface area contributed by atoms with Crippen LogP contribution >= 0.6 is 15.9 Å². The Kier molecular flexibility index (Phi) is 5.77. The van der Waals surface area contributed by atoms with Crippen LogP contribution in [0.4, 0.5) is 5.69 Å². The Morgan fingerprint density at radius 2 is 1.90 bits per heavy atom. The molecule has 4 rings (SSSR count). The van der Waals surface area contributed by atoms with E-state index in [0.29, 0.717) is 29.6 Å². The van der Waals surface area contributed by atoms with Crippen LogP contribution in [0.3, 0.4) is 0 Å². The second-order valence-corrected chi connectivity index (χ2v) is 9.42. The zero-order valence-corrected chi connectivity index (χ0v) is 19.1. The van der Waals surface area contributed by atoms with Crippen LogP contribution in [0.25, 0.3) is 21.6 Å². The van der Waals surface area contributed by atoms with Crippen molar-refractivity contribution in [2.45, 2.75) is 27.2 Å². The summed E-state index contributed by atoms with van der Waals surface area (Å²) in [6.45, 7) is 16.0. The molecule has 1 saturated heterocycles. The van der Waals surface area contributed by atoms with Crippen molar-refractivity contribution in [1.29, 1.82) is 0 Å². The van der Waals surface area contributed by atoms with Gasteiger partial charge in [-0.1, -0.05) is 26.0 Å². The molecule has 1 fully saturated rings. The van der Waals surface area contributed by atoms with Gasteiger partial charge in [0.1, 0.15) is 0 Å². The molecular formula is C24H25BrN4O. The van der Waals surface area contributed by atoms with Gasteiger partial charge in [-0.3, -0.25) is 14.7 Å². The largest absolute Gasteiger partial charge is 0.312 e. The monoisotopic (exact) mass is 464 g/mol. The number of benzene rings is 1. The van der Waals surface area contributed by atoms with E-state index in [4.69, 9.17) is 6.57 Å². The van der Waals surface area contributed by atoms with Crippen molar-refractivity contribution < 1.29 is 4.79 Å². The highest BCUT2D eigenvalue weighted by molar-refractivity contribution is 9.10. The average Bonchev–Trinajstić information content (AvgIpc) is 2.98. The zero-order chi connectivity index (χ0) is 21.4. The highest BCUT2D eigenvalue weighted by Gasteiger charge is 2.27. The molecule has 0 N–H and O–H groups in total. The molecule has 0 aliphatic carbocycles. The second-order valence-electron chi connectivity index (χ2n) is 8.51. The van der Waals surface area contributed by atoms with Crippen molar-refractivity contribution in [3.63, 3.8) is 0 Å². The number of carbonyl (C=O) groups excluding carboxylic acids is 1. The van der Waals surface area contributed by atoms with Crippen molar-refractivity contribution in [2.75, 3.05) is 19.6 Å². The molecule has 154 valence electrons. The normalized spacial score (nSPS) is 19.7. The van der Waals surface area contributed by atoms with Gasteiger partial charge in [-0.2, -0.15) is 0 Å². The summed E-state index contributed by atoms with van der Waals surface area (Å²) in [6, 6.07) is 9.44. The molecule has 3 aromatic rings. The zero-order valence-electron chi connectivity index (χ0n) is 17.5. The number of pyridine rings is 1. The summed E-state index contributed by atoms with van der Waals surface area (Å²) in [5.41, 5.74) is 4.71. The number of fused-ring (bicyclic) bond motifs is 1. The topological polar surface area (TPSA) is 42.5 Å². The standard InChI is InChI=1S/C24H25BrN4O/c1-15-9-16(2)13-28(12-15)14-22(30)23-17(3)29(20-7-5-19(26-4)6-8-20)21-10-18(25)11-27-24(21)23/h5-8,10-11,15-16H,9,12-14H2,1-3H3/t15-,16-/m0/s1. The lowest BCUT2D eigenvalue weighted by molar-refractivity contribution is 0.0850. The van der Waals surface area contributed by atoms with Crippen molar-refractivity contribution in [3.8, 4) is 5.69 Å². The number of likely N-dealkylation sites (tertiary alicyclic amines) is 1. The molecule has 6 heteroatoms. The predicted octanol–water partition coefficient (Wildman–Crippen LogP) is 5.81. The fourth-order valence-corrected chi connectivity index (χ4v) is 5.12. The van der Waals surface area contributed by atoms with Crippen LogP contribution in [-0.4, -0.2) is 39.9 Å². The molecule has 2 atom stereocenters. The SMILES string of the molecule is [C-]#[N+]c1ccc(-n2c(C)c(C(=O)CN3C[C@@H](C)C[C@H](C)C3)c3ncc(Br)cc32)cc1. The van der Waals surface area contributed by atoms with Crippen LogP contribution in [0.1, 0.15) is 36.3 Å². The first-order valence-electron chi connectivity index (χ1n) is 10.3. The molecule has 0 saturated carbocycles. The molecule has 0 bridgehead atoms. The molecule has 0 unspecified atom stereocenters. The molecule has 1 aliphatic heterocycles. The van der Waals surface area contributed by atoms with E-state index < -0.39 is 0 Å². The molecule has 1 aliphatic rings. The van der Waals surface area contributed by atoms with E-state index in [1.807, 2.05) is 25.1 Å². The van der Waals surface area contributed by atoms with Gasteiger partial charge in [0.25, 0.3) is 0 Å². The van der Waals surface area contributed by atoms with Crippen LogP contribution in [0.15, 0.2) is 41.0 Å². The van der Waals surface area contributed by atoms with Gasteiger partial charge >= 0.3 is 0 Å². The van der Waals surface area contributed by atoms with Crippen molar-refractivity contribution in [2.24, 2.45) is 11.8 Å². The number of Topliss-reactive ketones (excluding diaryl/α,β-unsaturated/α-hetero) is 1. The van der Waals surface area contributed by atoms with Gasteiger partial charge in [0, 0.05) is 35.1 Å². The maximum atomic E-state index is 13.4. The van der Waals surface area contributed by atoms with E-state index in [1.54, 1.807) is 18.3 Å². The lowest BCUT2D eigenvalue weighted by Gasteiger charge is -2.34. The molecule has 0 spiro atoms. The summed E-state index contributed by atoms with van der Waals surface area (Å²) in [6.07, 6.45) is 2.97. The molecule has 30 heavy (non-hydrogen) atoms. The fraction of sp³-hybridized carbons (Fsp3) is 0.375. The molecule has 0 radical (unpaired) electrons. The maximum absolute atomic E-state index is 13.4. The van der Waals surface area contributed by atoms with E-state index in [1.165, 1.54) is 6.42 Å². The lowest BCUT2D eigenvalue weighted by Crippen LogP contribution is -2.41. The first-order chi connectivity index (χ1) is 14.4. The van der Waals surface area contributed by atoms with Crippen molar-refractivity contribution in [1.82, 2.24) is 14.5 Å². The van der Waals surface area contributed by atoms with Gasteiger partial charge in [-0.15, -0.1) is 0 Å². The number of halogens is 1. The number of nitrogens with zero attached hydrogens (tertiary/aromatic N) is 4.